The monoisotopic (exact) mass is 221 g/mol. The highest BCUT2D eigenvalue weighted by Gasteiger charge is 2.16. The first-order chi connectivity index (χ1) is 7.58. The van der Waals surface area contributed by atoms with E-state index in [0.717, 1.165) is 5.56 Å². The predicted molar refractivity (Wildman–Crippen MR) is 64.3 cm³/mol. The molecule has 0 aromatic heterocycles. The van der Waals surface area contributed by atoms with E-state index in [-0.39, 0.29) is 12.0 Å². The van der Waals surface area contributed by atoms with Crippen LogP contribution in [0.25, 0.3) is 0 Å². The maximum absolute atomic E-state index is 11.3. The molecule has 1 atom stereocenters. The standard InChI is InChI=1S/C13H19NO2/c1-9-5-6-11(10(2)7-9)12(14-3)8-13(15)16-4/h5-7,12,14H,8H2,1-4H3. The normalized spacial score (nSPS) is 12.2. The average molecular weight is 221 g/mol. The molecule has 3 nitrogen and oxygen atoms in total. The Kier molecular flexibility index (Phi) is 4.50. The molecule has 16 heavy (non-hydrogen) atoms. The quantitative estimate of drug-likeness (QED) is 0.791. The van der Waals surface area contributed by atoms with Crippen LogP contribution in [0.15, 0.2) is 18.2 Å². The first-order valence-electron chi connectivity index (χ1n) is 5.39. The van der Waals surface area contributed by atoms with Gasteiger partial charge in [0.15, 0.2) is 0 Å². The molecule has 0 heterocycles. The van der Waals surface area contributed by atoms with Gasteiger partial charge >= 0.3 is 5.97 Å². The van der Waals surface area contributed by atoms with Crippen molar-refractivity contribution in [3.63, 3.8) is 0 Å². The molecule has 1 rings (SSSR count). The van der Waals surface area contributed by atoms with E-state index in [1.807, 2.05) is 7.05 Å². The summed E-state index contributed by atoms with van der Waals surface area (Å²) in [6.45, 7) is 4.12. The molecular weight excluding hydrogens is 202 g/mol. The number of hydrogen-bond donors (Lipinski definition) is 1. The second-order valence-corrected chi connectivity index (χ2v) is 3.98. The van der Waals surface area contributed by atoms with Crippen LogP contribution in [0.4, 0.5) is 0 Å². The van der Waals surface area contributed by atoms with E-state index < -0.39 is 0 Å². The van der Waals surface area contributed by atoms with Gasteiger partial charge in [-0.1, -0.05) is 23.8 Å². The highest BCUT2D eigenvalue weighted by atomic mass is 16.5. The topological polar surface area (TPSA) is 38.3 Å². The smallest absolute Gasteiger partial charge is 0.307 e. The second-order valence-electron chi connectivity index (χ2n) is 3.98. The van der Waals surface area contributed by atoms with Crippen molar-refractivity contribution in [1.82, 2.24) is 5.32 Å². The number of hydrogen-bond acceptors (Lipinski definition) is 3. The van der Waals surface area contributed by atoms with Crippen molar-refractivity contribution in [3.8, 4) is 0 Å². The van der Waals surface area contributed by atoms with Crippen LogP contribution >= 0.6 is 0 Å². The number of aryl methyl sites for hydroxylation is 2. The molecular formula is C13H19NO2. The highest BCUT2D eigenvalue weighted by molar-refractivity contribution is 5.70. The molecule has 1 aromatic carbocycles. The molecule has 0 aliphatic carbocycles. The highest BCUT2D eigenvalue weighted by Crippen LogP contribution is 2.21. The van der Waals surface area contributed by atoms with Gasteiger partial charge in [-0.3, -0.25) is 4.79 Å². The zero-order valence-corrected chi connectivity index (χ0v) is 10.3. The summed E-state index contributed by atoms with van der Waals surface area (Å²) in [7, 11) is 3.27. The van der Waals surface area contributed by atoms with Crippen LogP contribution in [0, 0.1) is 13.8 Å². The molecule has 0 aliphatic rings. The fourth-order valence-electron chi connectivity index (χ4n) is 1.83. The molecule has 0 fully saturated rings. The summed E-state index contributed by atoms with van der Waals surface area (Å²) in [4.78, 5) is 11.3. The Balaban J connectivity index is 2.90. The van der Waals surface area contributed by atoms with Gasteiger partial charge in [-0.05, 0) is 32.0 Å². The molecule has 0 amide bonds. The Morgan fingerprint density at radius 2 is 2.12 bits per heavy atom. The lowest BCUT2D eigenvalue weighted by atomic mass is 9.97. The number of esters is 1. The number of nitrogens with one attached hydrogen (secondary N) is 1. The number of carbonyl (C=O) groups excluding carboxylic acids is 1. The zero-order chi connectivity index (χ0) is 12.1. The third-order valence-corrected chi connectivity index (χ3v) is 2.75. The predicted octanol–water partition coefficient (Wildman–Crippen LogP) is 2.13. The summed E-state index contributed by atoms with van der Waals surface area (Å²) in [6, 6.07) is 6.27. The van der Waals surface area contributed by atoms with E-state index in [0.29, 0.717) is 6.42 Å². The van der Waals surface area contributed by atoms with E-state index >= 15 is 0 Å². The molecule has 1 aromatic rings. The lowest BCUT2D eigenvalue weighted by Crippen LogP contribution is -2.21. The van der Waals surface area contributed by atoms with E-state index in [4.69, 9.17) is 0 Å². The Hall–Kier alpha value is -1.35. The van der Waals surface area contributed by atoms with Crippen molar-refractivity contribution in [3.05, 3.63) is 34.9 Å². The Morgan fingerprint density at radius 1 is 1.44 bits per heavy atom. The third kappa shape index (κ3) is 3.07. The Morgan fingerprint density at radius 3 is 2.62 bits per heavy atom. The number of ether oxygens (including phenoxy) is 1. The second kappa shape index (κ2) is 5.66. The third-order valence-electron chi connectivity index (χ3n) is 2.75. The van der Waals surface area contributed by atoms with Gasteiger partial charge in [0.25, 0.3) is 0 Å². The van der Waals surface area contributed by atoms with E-state index in [9.17, 15) is 4.79 Å². The minimum absolute atomic E-state index is 0.0213. The maximum atomic E-state index is 11.3. The summed E-state index contributed by atoms with van der Waals surface area (Å²) in [5.41, 5.74) is 3.58. The molecule has 1 unspecified atom stereocenters. The van der Waals surface area contributed by atoms with Crippen LogP contribution in [-0.4, -0.2) is 20.1 Å². The molecule has 0 spiro atoms. The van der Waals surface area contributed by atoms with Crippen molar-refractivity contribution in [2.45, 2.75) is 26.3 Å². The van der Waals surface area contributed by atoms with E-state index in [1.165, 1.54) is 18.2 Å². The van der Waals surface area contributed by atoms with Crippen molar-refractivity contribution in [1.29, 1.82) is 0 Å². The molecule has 3 heteroatoms. The van der Waals surface area contributed by atoms with Crippen LogP contribution in [0.5, 0.6) is 0 Å². The van der Waals surface area contributed by atoms with Crippen LogP contribution in [0.3, 0.4) is 0 Å². The number of benzene rings is 1. The van der Waals surface area contributed by atoms with Gasteiger partial charge < -0.3 is 10.1 Å². The van der Waals surface area contributed by atoms with Gasteiger partial charge in [0.05, 0.1) is 13.5 Å². The summed E-state index contributed by atoms with van der Waals surface area (Å²) in [6.07, 6.45) is 0.358. The Bertz CT molecular complexity index is 374. The lowest BCUT2D eigenvalue weighted by Gasteiger charge is -2.18. The molecule has 0 bridgehead atoms. The number of methoxy groups -OCH3 is 1. The zero-order valence-electron chi connectivity index (χ0n) is 10.3. The number of carbonyl (C=O) groups is 1. The van der Waals surface area contributed by atoms with Gasteiger partial charge in [0.2, 0.25) is 0 Å². The number of rotatable bonds is 4. The first kappa shape index (κ1) is 12.7. The molecule has 1 N–H and O–H groups in total. The molecule has 0 aliphatic heterocycles. The lowest BCUT2D eigenvalue weighted by molar-refractivity contribution is -0.141. The summed E-state index contributed by atoms with van der Waals surface area (Å²) in [5, 5.41) is 3.14. The molecule has 88 valence electrons. The minimum atomic E-state index is -0.195. The van der Waals surface area contributed by atoms with E-state index in [1.54, 1.807) is 0 Å². The van der Waals surface area contributed by atoms with Crippen LogP contribution < -0.4 is 5.32 Å². The van der Waals surface area contributed by atoms with Crippen LogP contribution in [-0.2, 0) is 9.53 Å². The van der Waals surface area contributed by atoms with Crippen LogP contribution in [0.1, 0.15) is 29.2 Å². The van der Waals surface area contributed by atoms with Gasteiger partial charge in [0, 0.05) is 6.04 Å². The fourth-order valence-corrected chi connectivity index (χ4v) is 1.83. The van der Waals surface area contributed by atoms with Crippen molar-refractivity contribution in [2.24, 2.45) is 0 Å². The van der Waals surface area contributed by atoms with Crippen molar-refractivity contribution < 1.29 is 9.53 Å². The summed E-state index contributed by atoms with van der Waals surface area (Å²) in [5.74, 6) is -0.195. The fraction of sp³-hybridized carbons (Fsp3) is 0.462. The van der Waals surface area contributed by atoms with Crippen LogP contribution in [0.2, 0.25) is 0 Å². The maximum Gasteiger partial charge on any atom is 0.307 e. The SMILES string of the molecule is CNC(CC(=O)OC)c1ccc(C)cc1C. The summed E-state index contributed by atoms with van der Waals surface area (Å²) < 4.78 is 4.69. The van der Waals surface area contributed by atoms with Gasteiger partial charge in [-0.15, -0.1) is 0 Å². The average Bonchev–Trinajstić information content (AvgIpc) is 2.26. The molecule has 0 saturated carbocycles. The first-order valence-corrected chi connectivity index (χ1v) is 5.39. The van der Waals surface area contributed by atoms with Gasteiger partial charge in [-0.2, -0.15) is 0 Å². The van der Waals surface area contributed by atoms with Gasteiger partial charge in [-0.25, -0.2) is 0 Å². The summed E-state index contributed by atoms with van der Waals surface area (Å²) >= 11 is 0. The van der Waals surface area contributed by atoms with Gasteiger partial charge in [0.1, 0.15) is 0 Å². The molecule has 0 saturated heterocycles. The minimum Gasteiger partial charge on any atom is -0.469 e. The largest absolute Gasteiger partial charge is 0.469 e. The van der Waals surface area contributed by atoms with Crippen molar-refractivity contribution in [2.75, 3.05) is 14.2 Å². The molecule has 0 radical (unpaired) electrons. The Labute approximate surface area is 96.8 Å². The van der Waals surface area contributed by atoms with E-state index in [2.05, 4.69) is 42.1 Å². The van der Waals surface area contributed by atoms with Crippen molar-refractivity contribution >= 4 is 5.97 Å².